The molecule has 3 nitrogen and oxygen atoms in total. The predicted octanol–water partition coefficient (Wildman–Crippen LogP) is 1.58. The molecule has 14 heavy (non-hydrogen) atoms. The second-order valence-corrected chi connectivity index (χ2v) is 3.05. The van der Waals surface area contributed by atoms with E-state index in [9.17, 15) is 4.39 Å². The second-order valence-electron chi connectivity index (χ2n) is 3.05. The molecule has 0 radical (unpaired) electrons. The highest BCUT2D eigenvalue weighted by molar-refractivity contribution is 5.35. The first-order valence-electron chi connectivity index (χ1n) is 4.33. The minimum atomic E-state index is -0.315. The summed E-state index contributed by atoms with van der Waals surface area (Å²) in [5.74, 6) is 4.86. The van der Waals surface area contributed by atoms with Gasteiger partial charge in [-0.15, -0.1) is 0 Å². The third kappa shape index (κ3) is 2.43. The third-order valence-electron chi connectivity index (χ3n) is 2.01. The van der Waals surface area contributed by atoms with Gasteiger partial charge in [0.25, 0.3) is 0 Å². The Morgan fingerprint density at radius 1 is 1.43 bits per heavy atom. The zero-order chi connectivity index (χ0) is 10.6. The van der Waals surface area contributed by atoms with Crippen molar-refractivity contribution >= 4 is 0 Å². The predicted molar refractivity (Wildman–Crippen MR) is 51.5 cm³/mol. The van der Waals surface area contributed by atoms with Crippen LogP contribution in [0.4, 0.5) is 4.39 Å². The topological polar surface area (TPSA) is 44.5 Å². The highest BCUT2D eigenvalue weighted by Gasteiger charge is 2.07. The molecule has 0 fully saturated rings. The molecule has 0 heterocycles. The minimum absolute atomic E-state index is 0.261. The average Bonchev–Trinajstić information content (AvgIpc) is 2.19. The van der Waals surface area contributed by atoms with Gasteiger partial charge in [0.15, 0.2) is 11.6 Å². The van der Waals surface area contributed by atoms with Crippen molar-refractivity contribution in [3.05, 3.63) is 29.1 Å². The highest BCUT2D eigenvalue weighted by Crippen LogP contribution is 2.22. The van der Waals surface area contributed by atoms with Gasteiger partial charge < -0.3 is 9.57 Å². The zero-order valence-electron chi connectivity index (χ0n) is 8.34. The van der Waals surface area contributed by atoms with E-state index in [1.807, 2.05) is 0 Å². The van der Waals surface area contributed by atoms with Crippen LogP contribution in [0, 0.1) is 12.7 Å². The molecule has 0 aliphatic rings. The van der Waals surface area contributed by atoms with Gasteiger partial charge in [-0.3, -0.25) is 0 Å². The van der Waals surface area contributed by atoms with Crippen LogP contribution in [0.15, 0.2) is 12.1 Å². The fourth-order valence-corrected chi connectivity index (χ4v) is 1.28. The standard InChI is InChI=1S/C10H14FNO2/c1-7-5-8(3-4-14-12)6-9(13-2)10(7)11/h5-6H,3-4,12H2,1-2H3. The van der Waals surface area contributed by atoms with Crippen LogP contribution in [0.1, 0.15) is 11.1 Å². The number of ether oxygens (including phenoxy) is 1. The molecule has 0 saturated carbocycles. The van der Waals surface area contributed by atoms with Crippen molar-refractivity contribution in [2.45, 2.75) is 13.3 Å². The Morgan fingerprint density at radius 3 is 2.71 bits per heavy atom. The van der Waals surface area contributed by atoms with Crippen LogP contribution < -0.4 is 10.6 Å². The van der Waals surface area contributed by atoms with Crippen molar-refractivity contribution in [2.75, 3.05) is 13.7 Å². The summed E-state index contributed by atoms with van der Waals surface area (Å²) in [6.45, 7) is 2.11. The Kier molecular flexibility index (Phi) is 3.85. The van der Waals surface area contributed by atoms with Gasteiger partial charge in [0, 0.05) is 0 Å². The molecule has 0 bridgehead atoms. The fraction of sp³-hybridized carbons (Fsp3) is 0.400. The summed E-state index contributed by atoms with van der Waals surface area (Å²) in [6.07, 6.45) is 0.647. The van der Waals surface area contributed by atoms with Gasteiger partial charge in [0.2, 0.25) is 0 Å². The van der Waals surface area contributed by atoms with Crippen LogP contribution >= 0.6 is 0 Å². The van der Waals surface area contributed by atoms with Gasteiger partial charge in [-0.1, -0.05) is 6.07 Å². The van der Waals surface area contributed by atoms with Crippen LogP contribution in [0.25, 0.3) is 0 Å². The number of hydrogen-bond acceptors (Lipinski definition) is 3. The average molecular weight is 199 g/mol. The number of methoxy groups -OCH3 is 1. The van der Waals surface area contributed by atoms with Crippen molar-refractivity contribution in [3.8, 4) is 5.75 Å². The summed E-state index contributed by atoms with van der Waals surface area (Å²) in [7, 11) is 1.45. The van der Waals surface area contributed by atoms with Gasteiger partial charge >= 0.3 is 0 Å². The molecule has 78 valence electrons. The Labute approximate surface area is 82.6 Å². The minimum Gasteiger partial charge on any atom is -0.494 e. The smallest absolute Gasteiger partial charge is 0.167 e. The second kappa shape index (κ2) is 4.93. The molecular weight excluding hydrogens is 185 g/mol. The van der Waals surface area contributed by atoms with Crippen molar-refractivity contribution < 1.29 is 14.0 Å². The molecule has 0 amide bonds. The number of hydrogen-bond donors (Lipinski definition) is 1. The molecule has 2 N–H and O–H groups in total. The molecule has 4 heteroatoms. The highest BCUT2D eigenvalue weighted by atomic mass is 19.1. The van der Waals surface area contributed by atoms with Gasteiger partial charge in [0.05, 0.1) is 13.7 Å². The molecule has 1 aromatic rings. The van der Waals surface area contributed by atoms with E-state index < -0.39 is 0 Å². The van der Waals surface area contributed by atoms with Gasteiger partial charge in [0.1, 0.15) is 0 Å². The number of rotatable bonds is 4. The number of benzene rings is 1. The monoisotopic (exact) mass is 199 g/mol. The van der Waals surface area contributed by atoms with E-state index >= 15 is 0 Å². The first-order chi connectivity index (χ1) is 6.69. The van der Waals surface area contributed by atoms with Crippen molar-refractivity contribution in [1.82, 2.24) is 0 Å². The van der Waals surface area contributed by atoms with E-state index in [0.717, 1.165) is 5.56 Å². The molecular formula is C10H14FNO2. The molecule has 1 aromatic carbocycles. The van der Waals surface area contributed by atoms with Crippen LogP contribution in [-0.2, 0) is 11.3 Å². The zero-order valence-corrected chi connectivity index (χ0v) is 8.34. The molecule has 0 aliphatic carbocycles. The fourth-order valence-electron chi connectivity index (χ4n) is 1.28. The first kappa shape index (κ1) is 10.9. The van der Waals surface area contributed by atoms with Crippen molar-refractivity contribution in [1.29, 1.82) is 0 Å². The lowest BCUT2D eigenvalue weighted by Gasteiger charge is -2.08. The molecule has 0 saturated heterocycles. The lowest BCUT2D eigenvalue weighted by Crippen LogP contribution is -2.04. The molecule has 0 atom stereocenters. The van der Waals surface area contributed by atoms with E-state index in [4.69, 9.17) is 10.6 Å². The van der Waals surface area contributed by atoms with Gasteiger partial charge in [-0.05, 0) is 30.5 Å². The Morgan fingerprint density at radius 2 is 2.14 bits per heavy atom. The quantitative estimate of drug-likeness (QED) is 0.749. The maximum Gasteiger partial charge on any atom is 0.167 e. The van der Waals surface area contributed by atoms with Crippen molar-refractivity contribution in [3.63, 3.8) is 0 Å². The number of aryl methyl sites for hydroxylation is 1. The lowest BCUT2D eigenvalue weighted by molar-refractivity contribution is 0.141. The van der Waals surface area contributed by atoms with E-state index in [0.29, 0.717) is 18.6 Å². The summed E-state index contributed by atoms with van der Waals surface area (Å²) >= 11 is 0. The molecule has 0 spiro atoms. The molecule has 0 unspecified atom stereocenters. The van der Waals surface area contributed by atoms with E-state index in [1.54, 1.807) is 19.1 Å². The molecule has 1 rings (SSSR count). The van der Waals surface area contributed by atoms with Gasteiger partial charge in [-0.2, -0.15) is 0 Å². The van der Waals surface area contributed by atoms with E-state index in [-0.39, 0.29) is 11.6 Å². The third-order valence-corrected chi connectivity index (χ3v) is 2.01. The van der Waals surface area contributed by atoms with Crippen LogP contribution in [0.5, 0.6) is 5.75 Å². The van der Waals surface area contributed by atoms with Crippen LogP contribution in [-0.4, -0.2) is 13.7 Å². The Bertz CT molecular complexity index is 315. The number of halogens is 1. The maximum absolute atomic E-state index is 13.3. The van der Waals surface area contributed by atoms with E-state index in [2.05, 4.69) is 4.84 Å². The van der Waals surface area contributed by atoms with Crippen LogP contribution in [0.2, 0.25) is 0 Å². The summed E-state index contributed by atoms with van der Waals surface area (Å²) in [5.41, 5.74) is 1.52. The lowest BCUT2D eigenvalue weighted by atomic mass is 10.1. The normalized spacial score (nSPS) is 10.3. The van der Waals surface area contributed by atoms with E-state index in [1.165, 1.54) is 7.11 Å². The molecule has 0 aromatic heterocycles. The summed E-state index contributed by atoms with van der Waals surface area (Å²) in [6, 6.07) is 3.41. The van der Waals surface area contributed by atoms with Crippen LogP contribution in [0.3, 0.4) is 0 Å². The summed E-state index contributed by atoms with van der Waals surface area (Å²) < 4.78 is 18.2. The van der Waals surface area contributed by atoms with Gasteiger partial charge in [-0.25, -0.2) is 10.3 Å². The largest absolute Gasteiger partial charge is 0.494 e. The Hall–Kier alpha value is -1.13. The SMILES string of the molecule is COc1cc(CCON)cc(C)c1F. The summed E-state index contributed by atoms with van der Waals surface area (Å²) in [5, 5.41) is 0. The number of nitrogens with two attached hydrogens (primary N) is 1. The Balaban J connectivity index is 2.91. The van der Waals surface area contributed by atoms with Crippen molar-refractivity contribution in [2.24, 2.45) is 5.90 Å². The summed E-state index contributed by atoms with van der Waals surface area (Å²) in [4.78, 5) is 4.45. The maximum atomic E-state index is 13.3. The molecule has 0 aliphatic heterocycles. The first-order valence-corrected chi connectivity index (χ1v) is 4.33.